The van der Waals surface area contributed by atoms with Crippen LogP contribution < -0.4 is 9.64 Å². The van der Waals surface area contributed by atoms with Gasteiger partial charge in [-0.25, -0.2) is 4.98 Å². The van der Waals surface area contributed by atoms with Crippen molar-refractivity contribution < 1.29 is 9.53 Å². The highest BCUT2D eigenvalue weighted by Crippen LogP contribution is 2.27. The first-order valence-electron chi connectivity index (χ1n) is 8.33. The third-order valence-electron chi connectivity index (χ3n) is 4.21. The highest BCUT2D eigenvalue weighted by atomic mass is 32.1. The van der Waals surface area contributed by atoms with E-state index in [2.05, 4.69) is 4.98 Å². The number of amides is 1. The number of benzene rings is 2. The number of carbonyl (C=O) groups excluding carboxylic acids is 1. The van der Waals surface area contributed by atoms with E-state index in [1.54, 1.807) is 11.3 Å². The van der Waals surface area contributed by atoms with Crippen molar-refractivity contribution in [1.82, 2.24) is 4.98 Å². The molecule has 1 fully saturated rings. The van der Waals surface area contributed by atoms with E-state index in [0.29, 0.717) is 13.0 Å². The first-order valence-corrected chi connectivity index (χ1v) is 9.20. The summed E-state index contributed by atoms with van der Waals surface area (Å²) in [5.74, 6) is 1.06. The number of ether oxygens (including phenoxy) is 1. The average molecular weight is 350 g/mol. The van der Waals surface area contributed by atoms with E-state index in [9.17, 15) is 4.79 Å². The predicted octanol–water partition coefficient (Wildman–Crippen LogP) is 4.52. The lowest BCUT2D eigenvalue weighted by molar-refractivity contribution is -0.117. The highest BCUT2D eigenvalue weighted by molar-refractivity contribution is 7.09. The fourth-order valence-corrected chi connectivity index (χ4v) is 3.62. The van der Waals surface area contributed by atoms with Crippen molar-refractivity contribution in [2.75, 3.05) is 11.4 Å². The Hall–Kier alpha value is -2.66. The summed E-state index contributed by atoms with van der Waals surface area (Å²) in [5, 5.41) is 2.98. The molecule has 0 atom stereocenters. The first-order chi connectivity index (χ1) is 12.3. The maximum absolute atomic E-state index is 11.8. The lowest BCUT2D eigenvalue weighted by atomic mass is 10.1. The SMILES string of the molecule is O=C1CCCN1c1ccc(-c2csc(COc3ccccc3)n2)cc1. The van der Waals surface area contributed by atoms with Gasteiger partial charge in [-0.2, -0.15) is 0 Å². The zero-order chi connectivity index (χ0) is 17.1. The molecule has 0 bridgehead atoms. The standard InChI is InChI=1S/C20H18N2O2S/c23-20-7-4-12-22(20)16-10-8-15(9-11-16)18-14-25-19(21-18)13-24-17-5-2-1-3-6-17/h1-3,5-6,8-11,14H,4,7,12-13H2. The molecular weight excluding hydrogens is 332 g/mol. The highest BCUT2D eigenvalue weighted by Gasteiger charge is 2.21. The van der Waals surface area contributed by atoms with Crippen LogP contribution in [0.4, 0.5) is 5.69 Å². The Bertz CT molecular complexity index is 859. The molecule has 3 aromatic rings. The van der Waals surface area contributed by atoms with E-state index in [4.69, 9.17) is 4.74 Å². The molecule has 1 saturated heterocycles. The molecule has 0 spiro atoms. The van der Waals surface area contributed by atoms with Crippen LogP contribution in [-0.2, 0) is 11.4 Å². The minimum Gasteiger partial charge on any atom is -0.486 e. The van der Waals surface area contributed by atoms with Crippen LogP contribution in [0.15, 0.2) is 60.0 Å². The van der Waals surface area contributed by atoms with Crippen LogP contribution in [-0.4, -0.2) is 17.4 Å². The first kappa shape index (κ1) is 15.8. The molecule has 0 unspecified atom stereocenters. The van der Waals surface area contributed by atoms with Crippen LogP contribution in [0.25, 0.3) is 11.3 Å². The molecule has 0 saturated carbocycles. The van der Waals surface area contributed by atoms with Gasteiger partial charge in [0.2, 0.25) is 5.91 Å². The Morgan fingerprint density at radius 1 is 1.08 bits per heavy atom. The number of thiazole rings is 1. The van der Waals surface area contributed by atoms with Gasteiger partial charge < -0.3 is 9.64 Å². The summed E-state index contributed by atoms with van der Waals surface area (Å²) < 4.78 is 5.74. The van der Waals surface area contributed by atoms with Gasteiger partial charge in [0, 0.05) is 29.6 Å². The number of hydrogen-bond acceptors (Lipinski definition) is 4. The molecule has 4 nitrogen and oxygen atoms in total. The molecule has 25 heavy (non-hydrogen) atoms. The van der Waals surface area contributed by atoms with Gasteiger partial charge in [-0.1, -0.05) is 30.3 Å². The second-order valence-corrected chi connectivity index (χ2v) is 6.87. The number of anilines is 1. The van der Waals surface area contributed by atoms with Crippen molar-refractivity contribution in [2.24, 2.45) is 0 Å². The third-order valence-corrected chi connectivity index (χ3v) is 5.03. The molecule has 2 heterocycles. The second kappa shape index (κ2) is 7.07. The second-order valence-electron chi connectivity index (χ2n) is 5.92. The van der Waals surface area contributed by atoms with Crippen molar-refractivity contribution in [2.45, 2.75) is 19.4 Å². The van der Waals surface area contributed by atoms with E-state index in [1.165, 1.54) is 0 Å². The molecule has 1 aliphatic heterocycles. The summed E-state index contributed by atoms with van der Waals surface area (Å²) in [5.41, 5.74) is 2.96. The van der Waals surface area contributed by atoms with E-state index >= 15 is 0 Å². The van der Waals surface area contributed by atoms with Gasteiger partial charge in [0.05, 0.1) is 5.69 Å². The van der Waals surface area contributed by atoms with Crippen molar-refractivity contribution in [3.63, 3.8) is 0 Å². The maximum Gasteiger partial charge on any atom is 0.227 e. The van der Waals surface area contributed by atoms with Crippen LogP contribution in [0.5, 0.6) is 5.75 Å². The van der Waals surface area contributed by atoms with Gasteiger partial charge >= 0.3 is 0 Å². The molecule has 0 aliphatic carbocycles. The minimum atomic E-state index is 0.210. The van der Waals surface area contributed by atoms with Crippen LogP contribution in [0.1, 0.15) is 17.8 Å². The number of nitrogens with zero attached hydrogens (tertiary/aromatic N) is 2. The lowest BCUT2D eigenvalue weighted by Crippen LogP contribution is -2.23. The Kier molecular flexibility index (Phi) is 4.48. The lowest BCUT2D eigenvalue weighted by Gasteiger charge is -2.15. The van der Waals surface area contributed by atoms with Crippen molar-refractivity contribution in [3.05, 3.63) is 65.0 Å². The zero-order valence-electron chi connectivity index (χ0n) is 13.7. The summed E-state index contributed by atoms with van der Waals surface area (Å²) in [4.78, 5) is 18.3. The Labute approximate surface area is 150 Å². The average Bonchev–Trinajstić information content (AvgIpc) is 3.30. The van der Waals surface area contributed by atoms with Crippen LogP contribution in [0.3, 0.4) is 0 Å². The Balaban J connectivity index is 1.44. The summed E-state index contributed by atoms with van der Waals surface area (Å²) in [6.45, 7) is 1.28. The normalized spacial score (nSPS) is 14.1. The van der Waals surface area contributed by atoms with Crippen molar-refractivity contribution in [3.8, 4) is 17.0 Å². The van der Waals surface area contributed by atoms with Crippen LogP contribution in [0, 0.1) is 0 Å². The Morgan fingerprint density at radius 2 is 1.88 bits per heavy atom. The zero-order valence-corrected chi connectivity index (χ0v) is 14.5. The summed E-state index contributed by atoms with van der Waals surface area (Å²) in [6.07, 6.45) is 1.59. The third kappa shape index (κ3) is 3.56. The smallest absolute Gasteiger partial charge is 0.227 e. The number of carbonyl (C=O) groups is 1. The van der Waals surface area contributed by atoms with Gasteiger partial charge in [-0.05, 0) is 30.7 Å². The van der Waals surface area contributed by atoms with Gasteiger partial charge in [0.15, 0.2) is 0 Å². The molecule has 0 radical (unpaired) electrons. The van der Waals surface area contributed by atoms with Crippen LogP contribution >= 0.6 is 11.3 Å². The quantitative estimate of drug-likeness (QED) is 0.680. The molecule has 4 rings (SSSR count). The largest absolute Gasteiger partial charge is 0.486 e. The predicted molar refractivity (Wildman–Crippen MR) is 99.9 cm³/mol. The van der Waals surface area contributed by atoms with Crippen molar-refractivity contribution in [1.29, 1.82) is 0 Å². The van der Waals surface area contributed by atoms with E-state index in [0.717, 1.165) is 40.7 Å². The summed E-state index contributed by atoms with van der Waals surface area (Å²) >= 11 is 1.59. The molecule has 1 amide bonds. The topological polar surface area (TPSA) is 42.4 Å². The molecule has 126 valence electrons. The monoisotopic (exact) mass is 350 g/mol. The number of aromatic nitrogens is 1. The molecular formula is C20H18N2O2S. The van der Waals surface area contributed by atoms with Gasteiger partial charge in [0.1, 0.15) is 17.4 Å². The number of para-hydroxylation sites is 1. The molecule has 2 aromatic carbocycles. The molecule has 1 aliphatic rings. The van der Waals surface area contributed by atoms with E-state index < -0.39 is 0 Å². The Morgan fingerprint density at radius 3 is 2.60 bits per heavy atom. The van der Waals surface area contributed by atoms with Gasteiger partial charge in [0.25, 0.3) is 0 Å². The minimum absolute atomic E-state index is 0.210. The fraction of sp³-hybridized carbons (Fsp3) is 0.200. The van der Waals surface area contributed by atoms with Crippen molar-refractivity contribution >= 4 is 22.9 Å². The summed E-state index contributed by atoms with van der Waals surface area (Å²) in [6, 6.07) is 17.8. The molecule has 1 aromatic heterocycles. The maximum atomic E-state index is 11.8. The molecule has 0 N–H and O–H groups in total. The van der Waals surface area contributed by atoms with Gasteiger partial charge in [-0.3, -0.25) is 4.79 Å². The van der Waals surface area contributed by atoms with Crippen LogP contribution in [0.2, 0.25) is 0 Å². The molecule has 5 heteroatoms. The number of hydrogen-bond donors (Lipinski definition) is 0. The van der Waals surface area contributed by atoms with E-state index in [1.807, 2.05) is 64.9 Å². The fourth-order valence-electron chi connectivity index (χ4n) is 2.90. The van der Waals surface area contributed by atoms with Gasteiger partial charge in [-0.15, -0.1) is 11.3 Å². The summed E-state index contributed by atoms with van der Waals surface area (Å²) in [7, 11) is 0. The number of rotatable bonds is 5. The van der Waals surface area contributed by atoms with E-state index in [-0.39, 0.29) is 5.91 Å².